The van der Waals surface area contributed by atoms with Crippen molar-refractivity contribution >= 4 is 11.6 Å². The number of guanidine groups is 1. The van der Waals surface area contributed by atoms with Gasteiger partial charge < -0.3 is 24.9 Å². The van der Waals surface area contributed by atoms with Crippen molar-refractivity contribution in [3.8, 4) is 11.5 Å². The van der Waals surface area contributed by atoms with Crippen molar-refractivity contribution in [2.45, 2.75) is 31.7 Å². The van der Waals surface area contributed by atoms with Gasteiger partial charge in [-0.1, -0.05) is 0 Å². The van der Waals surface area contributed by atoms with Crippen LogP contribution in [-0.4, -0.2) is 24.2 Å². The van der Waals surface area contributed by atoms with Crippen LogP contribution in [-0.2, 0) is 6.54 Å². The minimum atomic E-state index is 0.314. The molecule has 1 aromatic heterocycles. The van der Waals surface area contributed by atoms with Gasteiger partial charge in [0.1, 0.15) is 12.3 Å². The monoisotopic (exact) mass is 328 g/mol. The molecule has 0 unspecified atom stereocenters. The summed E-state index contributed by atoms with van der Waals surface area (Å²) in [6.45, 7) is 1.68. The summed E-state index contributed by atoms with van der Waals surface area (Å²) < 4.78 is 16.9. The zero-order valence-corrected chi connectivity index (χ0v) is 13.3. The molecule has 1 fully saturated rings. The topological polar surface area (TPSA) is 94.9 Å². The fourth-order valence-corrected chi connectivity index (χ4v) is 2.51. The largest absolute Gasteiger partial charge is 0.490 e. The van der Waals surface area contributed by atoms with Gasteiger partial charge in [0.15, 0.2) is 23.3 Å². The molecule has 2 aromatic rings. The first-order chi connectivity index (χ1) is 11.8. The molecule has 7 heteroatoms. The molecule has 1 aliphatic carbocycles. The maximum atomic E-state index is 5.94. The number of hydrogen-bond donors (Lipinski definition) is 2. The van der Waals surface area contributed by atoms with Gasteiger partial charge in [-0.2, -0.15) is 0 Å². The molecule has 24 heavy (non-hydrogen) atoms. The number of rotatable bonds is 4. The van der Waals surface area contributed by atoms with Crippen LogP contribution in [0, 0.1) is 0 Å². The van der Waals surface area contributed by atoms with Gasteiger partial charge in [-0.15, -0.1) is 0 Å². The van der Waals surface area contributed by atoms with Crippen LogP contribution in [0.25, 0.3) is 0 Å². The highest BCUT2D eigenvalue weighted by atomic mass is 16.5. The van der Waals surface area contributed by atoms with Crippen molar-refractivity contribution in [1.29, 1.82) is 0 Å². The summed E-state index contributed by atoms with van der Waals surface area (Å²) >= 11 is 0. The van der Waals surface area contributed by atoms with Crippen LogP contribution in [0.4, 0.5) is 5.69 Å². The van der Waals surface area contributed by atoms with E-state index in [9.17, 15) is 0 Å². The third kappa shape index (κ3) is 3.45. The second-order valence-electron chi connectivity index (χ2n) is 5.98. The van der Waals surface area contributed by atoms with Crippen LogP contribution in [0.1, 0.15) is 36.8 Å². The first-order valence-electron chi connectivity index (χ1n) is 8.19. The highest BCUT2D eigenvalue weighted by Gasteiger charge is 2.28. The smallest absolute Gasteiger partial charge is 0.197 e. The maximum Gasteiger partial charge on any atom is 0.197 e. The molecule has 2 aliphatic rings. The van der Waals surface area contributed by atoms with Gasteiger partial charge in [0.25, 0.3) is 0 Å². The van der Waals surface area contributed by atoms with E-state index in [2.05, 4.69) is 15.3 Å². The van der Waals surface area contributed by atoms with E-state index in [0.29, 0.717) is 31.6 Å². The minimum Gasteiger partial charge on any atom is -0.490 e. The lowest BCUT2D eigenvalue weighted by atomic mass is 10.3. The summed E-state index contributed by atoms with van der Waals surface area (Å²) in [5.41, 5.74) is 6.75. The molecule has 1 aromatic carbocycles. The number of nitrogens with zero attached hydrogens (tertiary/aromatic N) is 2. The van der Waals surface area contributed by atoms with Crippen LogP contribution in [0.3, 0.4) is 0 Å². The van der Waals surface area contributed by atoms with Gasteiger partial charge in [0, 0.05) is 24.1 Å². The van der Waals surface area contributed by atoms with Crippen molar-refractivity contribution in [3.63, 3.8) is 0 Å². The van der Waals surface area contributed by atoms with E-state index >= 15 is 0 Å². The second kappa shape index (κ2) is 6.43. The summed E-state index contributed by atoms with van der Waals surface area (Å²) in [5.74, 6) is 3.82. The van der Waals surface area contributed by atoms with Gasteiger partial charge in [0.2, 0.25) is 0 Å². The number of hydrogen-bond acceptors (Lipinski definition) is 5. The number of anilines is 1. The van der Waals surface area contributed by atoms with Gasteiger partial charge in [-0.25, -0.2) is 9.98 Å². The summed E-state index contributed by atoms with van der Waals surface area (Å²) in [5, 5.41) is 3.05. The zero-order valence-electron chi connectivity index (χ0n) is 13.3. The Morgan fingerprint density at radius 2 is 2.08 bits per heavy atom. The summed E-state index contributed by atoms with van der Waals surface area (Å²) in [7, 11) is 0. The molecule has 4 rings (SSSR count). The number of oxazole rings is 1. The summed E-state index contributed by atoms with van der Waals surface area (Å²) in [4.78, 5) is 8.56. The van der Waals surface area contributed by atoms with Crippen molar-refractivity contribution in [1.82, 2.24) is 4.98 Å². The minimum absolute atomic E-state index is 0.314. The Balaban J connectivity index is 1.39. The fraction of sp³-hybridized carbons (Fsp3) is 0.412. The van der Waals surface area contributed by atoms with Crippen LogP contribution in [0.15, 0.2) is 33.8 Å². The fourth-order valence-electron chi connectivity index (χ4n) is 2.51. The van der Waals surface area contributed by atoms with Crippen LogP contribution in [0.2, 0.25) is 0 Å². The lowest BCUT2D eigenvalue weighted by Crippen LogP contribution is -2.22. The van der Waals surface area contributed by atoms with Crippen LogP contribution in [0.5, 0.6) is 11.5 Å². The molecule has 0 saturated heterocycles. The Kier molecular flexibility index (Phi) is 3.98. The maximum absolute atomic E-state index is 5.94. The first kappa shape index (κ1) is 14.9. The van der Waals surface area contributed by atoms with Crippen molar-refractivity contribution in [2.24, 2.45) is 10.7 Å². The third-order valence-corrected chi connectivity index (χ3v) is 3.92. The number of aliphatic imine (C=N–C) groups is 1. The van der Waals surface area contributed by atoms with Gasteiger partial charge in [0.05, 0.1) is 19.4 Å². The lowest BCUT2D eigenvalue weighted by Gasteiger charge is -2.10. The molecule has 2 heterocycles. The standard InChI is InChI=1S/C17H20N4O3/c18-17(20-10-13-9-19-16(24-13)11-2-3-11)21-12-4-5-14-15(8-12)23-7-1-6-22-14/h4-5,8-9,11H,1-3,6-7,10H2,(H3,18,20,21). The molecule has 7 nitrogen and oxygen atoms in total. The summed E-state index contributed by atoms with van der Waals surface area (Å²) in [6, 6.07) is 5.62. The average molecular weight is 328 g/mol. The van der Waals surface area contributed by atoms with Gasteiger partial charge in [-0.3, -0.25) is 0 Å². The molecule has 3 N–H and O–H groups in total. The molecular weight excluding hydrogens is 308 g/mol. The Bertz CT molecular complexity index is 752. The lowest BCUT2D eigenvalue weighted by molar-refractivity contribution is 0.297. The van der Waals surface area contributed by atoms with E-state index in [-0.39, 0.29) is 0 Å². The van der Waals surface area contributed by atoms with Crippen molar-refractivity contribution in [2.75, 3.05) is 18.5 Å². The van der Waals surface area contributed by atoms with E-state index < -0.39 is 0 Å². The van der Waals surface area contributed by atoms with Gasteiger partial charge >= 0.3 is 0 Å². The van der Waals surface area contributed by atoms with E-state index in [1.807, 2.05) is 18.2 Å². The van der Waals surface area contributed by atoms with E-state index in [0.717, 1.165) is 48.1 Å². The Labute approximate surface area is 139 Å². The van der Waals surface area contributed by atoms with Crippen LogP contribution < -0.4 is 20.5 Å². The molecule has 0 atom stereocenters. The zero-order chi connectivity index (χ0) is 16.4. The second-order valence-corrected chi connectivity index (χ2v) is 5.98. The molecule has 0 radical (unpaired) electrons. The molecule has 0 bridgehead atoms. The number of nitrogens with two attached hydrogens (primary N) is 1. The molecular formula is C17H20N4O3. The van der Waals surface area contributed by atoms with Crippen LogP contribution >= 0.6 is 0 Å². The first-order valence-corrected chi connectivity index (χ1v) is 8.19. The Morgan fingerprint density at radius 3 is 2.92 bits per heavy atom. The highest BCUT2D eigenvalue weighted by molar-refractivity contribution is 5.92. The molecule has 1 aliphatic heterocycles. The number of fused-ring (bicyclic) bond motifs is 1. The number of benzene rings is 1. The van der Waals surface area contributed by atoms with Gasteiger partial charge in [-0.05, 0) is 25.0 Å². The summed E-state index contributed by atoms with van der Waals surface area (Å²) in [6.07, 6.45) is 4.92. The number of nitrogens with one attached hydrogen (secondary N) is 1. The third-order valence-electron chi connectivity index (χ3n) is 3.92. The highest BCUT2D eigenvalue weighted by Crippen LogP contribution is 2.39. The average Bonchev–Trinajstić information content (AvgIpc) is 3.36. The Morgan fingerprint density at radius 1 is 1.25 bits per heavy atom. The molecule has 1 saturated carbocycles. The predicted octanol–water partition coefficient (Wildman–Crippen LogP) is 2.64. The number of ether oxygens (including phenoxy) is 2. The van der Waals surface area contributed by atoms with E-state index in [4.69, 9.17) is 19.6 Å². The van der Waals surface area contributed by atoms with E-state index in [1.165, 1.54) is 0 Å². The molecule has 126 valence electrons. The van der Waals surface area contributed by atoms with Crippen molar-refractivity contribution < 1.29 is 13.9 Å². The quantitative estimate of drug-likeness (QED) is 0.662. The Hall–Kier alpha value is -2.70. The molecule has 0 amide bonds. The van der Waals surface area contributed by atoms with Crippen molar-refractivity contribution in [3.05, 3.63) is 36.0 Å². The molecule has 0 spiro atoms. The van der Waals surface area contributed by atoms with E-state index in [1.54, 1.807) is 6.20 Å². The normalized spacial score (nSPS) is 17.4. The number of aromatic nitrogens is 1. The SMILES string of the molecule is NC(=NCc1cnc(C2CC2)o1)Nc1ccc2c(c1)OCCCO2. The predicted molar refractivity (Wildman–Crippen MR) is 89.5 cm³/mol.